The predicted octanol–water partition coefficient (Wildman–Crippen LogP) is 7.69. The van der Waals surface area contributed by atoms with Gasteiger partial charge < -0.3 is 11.1 Å². The summed E-state index contributed by atoms with van der Waals surface area (Å²) in [7, 11) is 0. The Morgan fingerprint density at radius 2 is 2.00 bits per heavy atom. The Bertz CT molecular complexity index is 998. The van der Waals surface area contributed by atoms with Crippen molar-refractivity contribution in [3.05, 3.63) is 83.5 Å². The van der Waals surface area contributed by atoms with Crippen molar-refractivity contribution in [3.8, 4) is 0 Å². The Hall–Kier alpha value is -3.07. The van der Waals surface area contributed by atoms with E-state index in [1.807, 2.05) is 13.0 Å². The van der Waals surface area contributed by atoms with E-state index in [-0.39, 0.29) is 0 Å². The number of carbonyl (C=O) groups is 1. The number of nitrogens with one attached hydrogen (secondary N) is 1. The molecule has 1 aromatic carbocycles. The molecule has 3 N–H and O–H groups in total. The van der Waals surface area contributed by atoms with Gasteiger partial charge >= 0.3 is 0 Å². The van der Waals surface area contributed by atoms with Crippen molar-refractivity contribution in [2.24, 2.45) is 5.73 Å². The summed E-state index contributed by atoms with van der Waals surface area (Å²) in [6, 6.07) is 2.11. The molecule has 0 unspecified atom stereocenters. The van der Waals surface area contributed by atoms with Crippen LogP contribution < -0.4 is 11.1 Å². The van der Waals surface area contributed by atoms with E-state index >= 15 is 0 Å². The molecule has 0 saturated heterocycles. The molecule has 3 nitrogen and oxygen atoms in total. The highest BCUT2D eigenvalue weighted by atomic mass is 16.1. The van der Waals surface area contributed by atoms with E-state index in [0.29, 0.717) is 12.1 Å². The Labute approximate surface area is 194 Å². The molecule has 2 rings (SSSR count). The van der Waals surface area contributed by atoms with Crippen molar-refractivity contribution in [2.45, 2.75) is 59.8 Å². The highest BCUT2D eigenvalue weighted by Gasteiger charge is 2.28. The van der Waals surface area contributed by atoms with Gasteiger partial charge in [-0.25, -0.2) is 0 Å². The summed E-state index contributed by atoms with van der Waals surface area (Å²) in [6.45, 7) is 17.3. The molecule has 170 valence electrons. The van der Waals surface area contributed by atoms with Gasteiger partial charge in [-0.05, 0) is 86.8 Å². The van der Waals surface area contributed by atoms with E-state index < -0.39 is 5.91 Å². The standard InChI is InChI=1S/C29H38N2O/c1-7-10-12-16-22(8-2)24-18-25(23(9-3)17-14-11-13-15-20(4)5)27(29(30)32)28-26(24)21(6)19-31-28/h8-10,12,15-16,18,31H,2,6-7,11,13-14,17,19H2,1,3-5H3,(H2,30,32). The van der Waals surface area contributed by atoms with Crippen LogP contribution in [0.3, 0.4) is 0 Å². The van der Waals surface area contributed by atoms with Crippen molar-refractivity contribution in [1.82, 2.24) is 0 Å². The first-order valence-corrected chi connectivity index (χ1v) is 11.6. The number of primary amides is 1. The molecule has 0 spiro atoms. The number of amides is 1. The molecule has 1 aromatic rings. The molecule has 0 aromatic heterocycles. The van der Waals surface area contributed by atoms with Crippen molar-refractivity contribution < 1.29 is 4.79 Å². The van der Waals surface area contributed by atoms with Crippen LogP contribution in [0.15, 0.2) is 61.3 Å². The van der Waals surface area contributed by atoms with Crippen LogP contribution in [-0.4, -0.2) is 12.5 Å². The molecule has 0 bridgehead atoms. The first kappa shape index (κ1) is 25.2. The minimum atomic E-state index is -0.413. The van der Waals surface area contributed by atoms with Crippen LogP contribution in [0.2, 0.25) is 0 Å². The molecule has 3 heteroatoms. The molecule has 0 saturated carbocycles. The number of allylic oxidation sites excluding steroid dienone is 9. The fraction of sp³-hybridized carbons (Fsp3) is 0.345. The number of hydrogen-bond acceptors (Lipinski definition) is 2. The van der Waals surface area contributed by atoms with E-state index in [2.05, 4.69) is 75.7 Å². The number of unbranched alkanes of at least 4 members (excludes halogenated alkanes) is 2. The van der Waals surface area contributed by atoms with Gasteiger partial charge in [-0.1, -0.05) is 62.1 Å². The van der Waals surface area contributed by atoms with E-state index in [9.17, 15) is 4.79 Å². The van der Waals surface area contributed by atoms with Crippen molar-refractivity contribution in [1.29, 1.82) is 0 Å². The van der Waals surface area contributed by atoms with E-state index in [1.54, 1.807) is 0 Å². The quantitative estimate of drug-likeness (QED) is 0.215. The lowest BCUT2D eigenvalue weighted by Gasteiger charge is -2.19. The van der Waals surface area contributed by atoms with Gasteiger partial charge in [0.05, 0.1) is 11.3 Å². The van der Waals surface area contributed by atoms with Gasteiger partial charge in [-0.15, -0.1) is 0 Å². The van der Waals surface area contributed by atoms with E-state index in [4.69, 9.17) is 5.73 Å². The summed E-state index contributed by atoms with van der Waals surface area (Å²) in [5.74, 6) is -0.413. The molecule has 0 fully saturated rings. The minimum absolute atomic E-state index is 0.413. The lowest BCUT2D eigenvalue weighted by Crippen LogP contribution is -2.17. The molecule has 32 heavy (non-hydrogen) atoms. The Morgan fingerprint density at radius 1 is 1.25 bits per heavy atom. The second-order valence-corrected chi connectivity index (χ2v) is 8.42. The first-order chi connectivity index (χ1) is 15.3. The average Bonchev–Trinajstić information content (AvgIpc) is 3.14. The first-order valence-electron chi connectivity index (χ1n) is 11.6. The van der Waals surface area contributed by atoms with Crippen molar-refractivity contribution in [2.75, 3.05) is 11.9 Å². The van der Waals surface area contributed by atoms with Gasteiger partial charge in [0.2, 0.25) is 0 Å². The van der Waals surface area contributed by atoms with E-state index in [1.165, 1.54) is 5.57 Å². The molecule has 1 heterocycles. The predicted molar refractivity (Wildman–Crippen MR) is 142 cm³/mol. The van der Waals surface area contributed by atoms with Gasteiger partial charge in [0.1, 0.15) is 0 Å². The van der Waals surface area contributed by atoms with Crippen LogP contribution in [0.5, 0.6) is 0 Å². The van der Waals surface area contributed by atoms with Gasteiger partial charge in [0, 0.05) is 12.1 Å². The summed E-state index contributed by atoms with van der Waals surface area (Å²) in [5.41, 5.74) is 14.6. The third-order valence-corrected chi connectivity index (χ3v) is 5.73. The lowest BCUT2D eigenvalue weighted by molar-refractivity contribution is 0.100. The normalized spacial score (nSPS) is 13.8. The van der Waals surface area contributed by atoms with Gasteiger partial charge in [0.15, 0.2) is 0 Å². The number of rotatable bonds is 11. The zero-order valence-electron chi connectivity index (χ0n) is 20.2. The van der Waals surface area contributed by atoms with Crippen LogP contribution >= 0.6 is 0 Å². The van der Waals surface area contributed by atoms with Crippen LogP contribution in [0.25, 0.3) is 16.7 Å². The van der Waals surface area contributed by atoms with Crippen LogP contribution in [0.1, 0.15) is 86.8 Å². The summed E-state index contributed by atoms with van der Waals surface area (Å²) in [4.78, 5) is 12.6. The maximum atomic E-state index is 12.6. The van der Waals surface area contributed by atoms with Crippen LogP contribution in [0.4, 0.5) is 5.69 Å². The van der Waals surface area contributed by atoms with E-state index in [0.717, 1.165) is 71.2 Å². The molecule has 0 atom stereocenters. The smallest absolute Gasteiger partial charge is 0.251 e. The molecule has 1 amide bonds. The monoisotopic (exact) mass is 430 g/mol. The summed E-state index contributed by atoms with van der Waals surface area (Å²) in [6.07, 6.45) is 17.6. The lowest BCUT2D eigenvalue weighted by atomic mass is 9.85. The molecular formula is C29H38N2O. The van der Waals surface area contributed by atoms with Crippen LogP contribution in [-0.2, 0) is 0 Å². The molecule has 0 aliphatic carbocycles. The van der Waals surface area contributed by atoms with Gasteiger partial charge in [0.25, 0.3) is 5.91 Å². The maximum Gasteiger partial charge on any atom is 0.251 e. The zero-order valence-corrected chi connectivity index (χ0v) is 20.2. The van der Waals surface area contributed by atoms with Crippen molar-refractivity contribution >= 4 is 28.3 Å². The highest BCUT2D eigenvalue weighted by molar-refractivity contribution is 6.09. The summed E-state index contributed by atoms with van der Waals surface area (Å²) >= 11 is 0. The third kappa shape index (κ3) is 6.00. The molecular weight excluding hydrogens is 392 g/mol. The third-order valence-electron chi connectivity index (χ3n) is 5.73. The molecule has 0 radical (unpaired) electrons. The van der Waals surface area contributed by atoms with Crippen molar-refractivity contribution in [3.63, 3.8) is 0 Å². The Kier molecular flexibility index (Phi) is 9.52. The fourth-order valence-electron chi connectivity index (χ4n) is 4.11. The SMILES string of the molecule is C=CC(=CC=CCC)c1cc(C(=CC)CCCCC=C(C)C)c(C(N)=O)c2c1C(=C)CN2. The zero-order chi connectivity index (χ0) is 23.7. The number of anilines is 1. The maximum absolute atomic E-state index is 12.6. The Morgan fingerprint density at radius 3 is 2.59 bits per heavy atom. The highest BCUT2D eigenvalue weighted by Crippen LogP contribution is 2.43. The minimum Gasteiger partial charge on any atom is -0.380 e. The Balaban J connectivity index is 2.59. The average molecular weight is 431 g/mol. The fourth-order valence-corrected chi connectivity index (χ4v) is 4.11. The topological polar surface area (TPSA) is 55.1 Å². The van der Waals surface area contributed by atoms with Crippen LogP contribution in [0, 0.1) is 0 Å². The van der Waals surface area contributed by atoms with Gasteiger partial charge in [-0.3, -0.25) is 4.79 Å². The number of nitrogens with two attached hydrogens (primary N) is 1. The largest absolute Gasteiger partial charge is 0.380 e. The number of hydrogen-bond donors (Lipinski definition) is 2. The molecule has 1 aliphatic rings. The molecule has 1 aliphatic heterocycles. The second-order valence-electron chi connectivity index (χ2n) is 8.42. The summed E-state index contributed by atoms with van der Waals surface area (Å²) in [5, 5.41) is 3.38. The van der Waals surface area contributed by atoms with Gasteiger partial charge in [-0.2, -0.15) is 0 Å². The second kappa shape index (κ2) is 12.1. The summed E-state index contributed by atoms with van der Waals surface area (Å²) < 4.78 is 0. The number of carbonyl (C=O) groups excluding carboxylic acids is 1. The number of fused-ring (bicyclic) bond motifs is 1. The number of benzene rings is 1.